The fraction of sp³-hybridized carbons (Fsp3) is 0.500. The molecule has 2 unspecified atom stereocenters. The number of nitrogen functional groups attached to an aromatic ring is 1. The molecule has 114 valence electrons. The van der Waals surface area contributed by atoms with Crippen molar-refractivity contribution in [2.24, 2.45) is 11.7 Å². The lowest BCUT2D eigenvalue weighted by molar-refractivity contribution is -0.383. The molecule has 1 heterocycles. The molecule has 1 aliphatic heterocycles. The van der Waals surface area contributed by atoms with Crippen LogP contribution in [-0.2, 0) is 0 Å². The van der Waals surface area contributed by atoms with E-state index in [0.717, 1.165) is 12.8 Å². The molecule has 4 N–H and O–H groups in total. The van der Waals surface area contributed by atoms with E-state index in [9.17, 15) is 14.9 Å². The van der Waals surface area contributed by atoms with E-state index < -0.39 is 4.92 Å². The van der Waals surface area contributed by atoms with Crippen LogP contribution in [0.25, 0.3) is 0 Å². The minimum atomic E-state index is -0.579. The summed E-state index contributed by atoms with van der Waals surface area (Å²) in [4.78, 5) is 24.6. The Morgan fingerprint density at radius 1 is 1.52 bits per heavy atom. The summed E-state index contributed by atoms with van der Waals surface area (Å²) in [7, 11) is 0. The number of nitrogens with zero attached hydrogens (tertiary/aromatic N) is 2. The number of nitro benzene ring substituents is 1. The van der Waals surface area contributed by atoms with E-state index in [1.165, 1.54) is 18.2 Å². The molecule has 1 amide bonds. The van der Waals surface area contributed by atoms with Crippen molar-refractivity contribution in [3.8, 4) is 0 Å². The Morgan fingerprint density at radius 3 is 2.86 bits per heavy atom. The summed E-state index contributed by atoms with van der Waals surface area (Å²) in [5.41, 5.74) is 11.4. The molecule has 0 aliphatic carbocycles. The maximum atomic E-state index is 12.6. The number of likely N-dealkylation sites (tertiary alicyclic amines) is 1. The lowest BCUT2D eigenvalue weighted by atomic mass is 9.92. The zero-order valence-electron chi connectivity index (χ0n) is 12.0. The van der Waals surface area contributed by atoms with Gasteiger partial charge in [0.1, 0.15) is 5.69 Å². The Kier molecular flexibility index (Phi) is 4.42. The van der Waals surface area contributed by atoms with E-state index in [2.05, 4.69) is 6.92 Å². The lowest BCUT2D eigenvalue weighted by Crippen LogP contribution is -2.49. The summed E-state index contributed by atoms with van der Waals surface area (Å²) < 4.78 is 0. The third kappa shape index (κ3) is 3.13. The minimum absolute atomic E-state index is 0.0159. The first-order valence-corrected chi connectivity index (χ1v) is 6.99. The number of benzene rings is 1. The van der Waals surface area contributed by atoms with Gasteiger partial charge in [-0.2, -0.15) is 0 Å². The van der Waals surface area contributed by atoms with Gasteiger partial charge in [-0.15, -0.1) is 0 Å². The van der Waals surface area contributed by atoms with Crippen LogP contribution in [0.2, 0.25) is 0 Å². The fourth-order valence-corrected chi connectivity index (χ4v) is 2.74. The number of anilines is 1. The predicted octanol–water partition coefficient (Wildman–Crippen LogP) is 1.38. The van der Waals surface area contributed by atoms with Gasteiger partial charge in [0.25, 0.3) is 11.6 Å². The van der Waals surface area contributed by atoms with E-state index in [1.54, 1.807) is 4.90 Å². The molecular weight excluding hydrogens is 272 g/mol. The van der Waals surface area contributed by atoms with Gasteiger partial charge in [-0.05, 0) is 30.9 Å². The van der Waals surface area contributed by atoms with Crippen LogP contribution in [0.1, 0.15) is 30.1 Å². The van der Waals surface area contributed by atoms with Crippen molar-refractivity contribution in [1.29, 1.82) is 0 Å². The highest BCUT2D eigenvalue weighted by Crippen LogP contribution is 2.27. The molecule has 1 aromatic carbocycles. The van der Waals surface area contributed by atoms with Crippen LogP contribution >= 0.6 is 0 Å². The molecule has 1 aromatic rings. The number of amides is 1. The number of carbonyl (C=O) groups excluding carboxylic acids is 1. The van der Waals surface area contributed by atoms with Gasteiger partial charge in [0, 0.05) is 30.8 Å². The maximum Gasteiger partial charge on any atom is 0.292 e. The van der Waals surface area contributed by atoms with Crippen LogP contribution in [0.4, 0.5) is 11.4 Å². The average molecular weight is 292 g/mol. The van der Waals surface area contributed by atoms with Crippen molar-refractivity contribution in [3.05, 3.63) is 33.9 Å². The molecule has 1 fully saturated rings. The Balaban J connectivity index is 2.27. The van der Waals surface area contributed by atoms with Crippen molar-refractivity contribution in [3.63, 3.8) is 0 Å². The van der Waals surface area contributed by atoms with Crippen LogP contribution in [0.3, 0.4) is 0 Å². The van der Waals surface area contributed by atoms with Crippen molar-refractivity contribution in [2.45, 2.75) is 25.8 Å². The second-order valence-corrected chi connectivity index (χ2v) is 5.55. The molecule has 21 heavy (non-hydrogen) atoms. The van der Waals surface area contributed by atoms with Gasteiger partial charge >= 0.3 is 0 Å². The van der Waals surface area contributed by atoms with Gasteiger partial charge in [-0.3, -0.25) is 14.9 Å². The molecule has 0 spiro atoms. The highest BCUT2D eigenvalue weighted by Gasteiger charge is 2.30. The van der Waals surface area contributed by atoms with Crippen LogP contribution in [0.15, 0.2) is 18.2 Å². The summed E-state index contributed by atoms with van der Waals surface area (Å²) in [6, 6.07) is 4.15. The van der Waals surface area contributed by atoms with Crippen LogP contribution in [0, 0.1) is 16.0 Å². The molecule has 0 aromatic heterocycles. The molecule has 2 rings (SSSR count). The topological polar surface area (TPSA) is 115 Å². The maximum absolute atomic E-state index is 12.6. The Hall–Kier alpha value is -2.15. The van der Waals surface area contributed by atoms with Gasteiger partial charge in [-0.25, -0.2) is 0 Å². The molecule has 0 bridgehead atoms. The fourth-order valence-electron chi connectivity index (χ4n) is 2.74. The monoisotopic (exact) mass is 292 g/mol. The van der Waals surface area contributed by atoms with E-state index >= 15 is 0 Å². The molecule has 0 saturated carbocycles. The molecule has 2 atom stereocenters. The second kappa shape index (κ2) is 6.09. The van der Waals surface area contributed by atoms with E-state index in [4.69, 9.17) is 11.5 Å². The second-order valence-electron chi connectivity index (χ2n) is 5.55. The number of hydrogen-bond acceptors (Lipinski definition) is 5. The van der Waals surface area contributed by atoms with Crippen LogP contribution < -0.4 is 11.5 Å². The summed E-state index contributed by atoms with van der Waals surface area (Å²) in [5.74, 6) is 0.309. The smallest absolute Gasteiger partial charge is 0.292 e. The normalized spacial score (nSPS) is 22.1. The van der Waals surface area contributed by atoms with E-state index in [0.29, 0.717) is 19.0 Å². The largest absolute Gasteiger partial charge is 0.393 e. The zero-order chi connectivity index (χ0) is 15.6. The minimum Gasteiger partial charge on any atom is -0.393 e. The van der Waals surface area contributed by atoms with Crippen molar-refractivity contribution in [1.82, 2.24) is 4.90 Å². The predicted molar refractivity (Wildman–Crippen MR) is 79.8 cm³/mol. The van der Waals surface area contributed by atoms with Crippen molar-refractivity contribution >= 4 is 17.3 Å². The third-order valence-corrected chi connectivity index (χ3v) is 3.99. The summed E-state index contributed by atoms with van der Waals surface area (Å²) in [5, 5.41) is 10.9. The number of piperidine rings is 1. The first kappa shape index (κ1) is 15.2. The molecule has 0 radical (unpaired) electrons. The van der Waals surface area contributed by atoms with Crippen LogP contribution in [-0.4, -0.2) is 34.9 Å². The standard InChI is InChI=1S/C14H20N4O3/c1-9-4-5-17(11(6-9)8-15)14(19)10-2-3-12(16)13(7-10)18(20)21/h2-3,7,9,11H,4-6,8,15-16H2,1H3. The Labute approximate surface area is 123 Å². The number of nitro groups is 1. The molecule has 1 saturated heterocycles. The zero-order valence-corrected chi connectivity index (χ0v) is 12.0. The highest BCUT2D eigenvalue weighted by atomic mass is 16.6. The van der Waals surface area contributed by atoms with Crippen LogP contribution in [0.5, 0.6) is 0 Å². The quantitative estimate of drug-likeness (QED) is 0.496. The van der Waals surface area contributed by atoms with Crippen molar-refractivity contribution < 1.29 is 9.72 Å². The van der Waals surface area contributed by atoms with Gasteiger partial charge in [0.15, 0.2) is 0 Å². The SMILES string of the molecule is CC1CCN(C(=O)c2ccc(N)c([N+](=O)[O-])c2)C(CN)C1. The molecule has 1 aliphatic rings. The average Bonchev–Trinajstić information content (AvgIpc) is 2.46. The number of nitrogens with two attached hydrogens (primary N) is 2. The van der Waals surface area contributed by atoms with Gasteiger partial charge < -0.3 is 16.4 Å². The summed E-state index contributed by atoms with van der Waals surface area (Å²) in [6.07, 6.45) is 1.78. The first-order valence-electron chi connectivity index (χ1n) is 6.99. The summed E-state index contributed by atoms with van der Waals surface area (Å²) in [6.45, 7) is 3.16. The van der Waals surface area contributed by atoms with E-state index in [-0.39, 0.29) is 28.9 Å². The van der Waals surface area contributed by atoms with E-state index in [1.807, 2.05) is 0 Å². The van der Waals surface area contributed by atoms with Gasteiger partial charge in [-0.1, -0.05) is 6.92 Å². The number of rotatable bonds is 3. The highest BCUT2D eigenvalue weighted by molar-refractivity contribution is 5.96. The number of carbonyl (C=O) groups is 1. The molecular formula is C14H20N4O3. The van der Waals surface area contributed by atoms with Gasteiger partial charge in [0.2, 0.25) is 0 Å². The third-order valence-electron chi connectivity index (χ3n) is 3.99. The Morgan fingerprint density at radius 2 is 2.24 bits per heavy atom. The summed E-state index contributed by atoms with van der Waals surface area (Å²) >= 11 is 0. The first-order chi connectivity index (χ1) is 9.93. The molecule has 7 heteroatoms. The number of hydrogen-bond donors (Lipinski definition) is 2. The Bertz CT molecular complexity index is 561. The molecule has 7 nitrogen and oxygen atoms in total. The lowest BCUT2D eigenvalue weighted by Gasteiger charge is -2.38. The van der Waals surface area contributed by atoms with Gasteiger partial charge in [0.05, 0.1) is 4.92 Å². The van der Waals surface area contributed by atoms with Crippen molar-refractivity contribution in [2.75, 3.05) is 18.8 Å².